The third kappa shape index (κ3) is 3.52. The summed E-state index contributed by atoms with van der Waals surface area (Å²) in [6.45, 7) is 0. The van der Waals surface area contributed by atoms with E-state index in [4.69, 9.17) is 9.47 Å². The van der Waals surface area contributed by atoms with E-state index in [0.717, 1.165) is 45.6 Å². The molecule has 3 nitrogen and oxygen atoms in total. The van der Waals surface area contributed by atoms with Crippen LogP contribution >= 0.6 is 0 Å². The Bertz CT molecular complexity index is 1860. The second-order valence-corrected chi connectivity index (χ2v) is 9.78. The highest BCUT2D eigenvalue weighted by Crippen LogP contribution is 2.59. The number of para-hydroxylation sites is 3. The summed E-state index contributed by atoms with van der Waals surface area (Å²) in [4.78, 5) is 2.25. The van der Waals surface area contributed by atoms with E-state index in [-0.39, 0.29) is 0 Å². The maximum absolute atomic E-state index is 6.49. The van der Waals surface area contributed by atoms with Crippen molar-refractivity contribution in [2.45, 2.75) is 0 Å². The van der Waals surface area contributed by atoms with Crippen LogP contribution in [-0.4, -0.2) is 0 Å². The van der Waals surface area contributed by atoms with Crippen LogP contribution in [0.2, 0.25) is 0 Å². The van der Waals surface area contributed by atoms with E-state index >= 15 is 0 Å². The summed E-state index contributed by atoms with van der Waals surface area (Å²) in [5.74, 6) is 3.24. The summed E-state index contributed by atoms with van der Waals surface area (Å²) in [5, 5.41) is 0. The molecule has 3 heteroatoms. The minimum Gasteiger partial charge on any atom is -0.453 e. The molecule has 0 spiro atoms. The molecule has 0 amide bonds. The van der Waals surface area contributed by atoms with Crippen LogP contribution in [-0.2, 0) is 0 Å². The van der Waals surface area contributed by atoms with Crippen LogP contribution in [0.4, 0.5) is 17.1 Å². The molecule has 0 unspecified atom stereocenters. The van der Waals surface area contributed by atoms with Gasteiger partial charge in [0.15, 0.2) is 23.0 Å². The van der Waals surface area contributed by atoms with Crippen LogP contribution in [0.15, 0.2) is 140 Å². The first-order valence-electron chi connectivity index (χ1n) is 13.1. The Balaban J connectivity index is 1.22. The first kappa shape index (κ1) is 21.8. The second kappa shape index (κ2) is 8.64. The SMILES string of the molecule is c1ccc(-c2ccc(-c3ccccc3-c3ccc4c(c3)Oc3cccc5c3N4c3ccccc3O5)cc2)cc1. The standard InChI is InChI=1S/C36H23NO2/c1-2-9-24(10-3-1)25-17-19-26(20-18-25)28-11-4-5-12-29(28)27-21-22-31-35(23-27)39-34-16-8-15-33-36(34)37(31)30-13-6-7-14-32(30)38-33/h1-23H. The Morgan fingerprint density at radius 2 is 0.897 bits per heavy atom. The molecule has 2 heterocycles. The normalized spacial score (nSPS) is 12.5. The van der Waals surface area contributed by atoms with E-state index in [0.29, 0.717) is 0 Å². The number of benzene rings is 6. The summed E-state index contributed by atoms with van der Waals surface area (Å²) in [6, 6.07) is 48.4. The lowest BCUT2D eigenvalue weighted by Crippen LogP contribution is -2.20. The van der Waals surface area contributed by atoms with Gasteiger partial charge in [-0.15, -0.1) is 0 Å². The van der Waals surface area contributed by atoms with E-state index in [1.165, 1.54) is 27.8 Å². The van der Waals surface area contributed by atoms with Gasteiger partial charge >= 0.3 is 0 Å². The zero-order valence-electron chi connectivity index (χ0n) is 21.0. The smallest absolute Gasteiger partial charge is 0.155 e. The zero-order valence-corrected chi connectivity index (χ0v) is 21.0. The lowest BCUT2D eigenvalue weighted by atomic mass is 9.93. The van der Waals surface area contributed by atoms with Crippen molar-refractivity contribution >= 4 is 17.1 Å². The maximum Gasteiger partial charge on any atom is 0.155 e. The third-order valence-electron chi connectivity index (χ3n) is 7.47. The first-order valence-corrected chi connectivity index (χ1v) is 13.1. The summed E-state index contributed by atoms with van der Waals surface area (Å²) in [6.07, 6.45) is 0. The molecule has 0 saturated heterocycles. The van der Waals surface area contributed by atoms with E-state index < -0.39 is 0 Å². The molecule has 2 aliphatic rings. The Labute approximate surface area is 227 Å². The fourth-order valence-corrected chi connectivity index (χ4v) is 5.63. The molecule has 39 heavy (non-hydrogen) atoms. The van der Waals surface area contributed by atoms with Crippen molar-refractivity contribution in [3.8, 4) is 56.4 Å². The minimum absolute atomic E-state index is 0.788. The molecular formula is C36H23NO2. The highest BCUT2D eigenvalue weighted by Gasteiger charge is 2.34. The number of rotatable bonds is 3. The lowest BCUT2D eigenvalue weighted by molar-refractivity contribution is 0.446. The number of hydrogen-bond acceptors (Lipinski definition) is 3. The van der Waals surface area contributed by atoms with Crippen molar-refractivity contribution < 1.29 is 9.47 Å². The fraction of sp³-hybridized carbons (Fsp3) is 0. The van der Waals surface area contributed by atoms with E-state index in [2.05, 4.69) is 102 Å². The average molecular weight is 502 g/mol. The van der Waals surface area contributed by atoms with Crippen LogP contribution in [0.25, 0.3) is 33.4 Å². The quantitative estimate of drug-likeness (QED) is 0.240. The molecule has 0 N–H and O–H groups in total. The van der Waals surface area contributed by atoms with Gasteiger partial charge in [-0.25, -0.2) is 0 Å². The molecule has 2 aliphatic heterocycles. The molecule has 0 atom stereocenters. The van der Waals surface area contributed by atoms with Crippen LogP contribution in [0.3, 0.4) is 0 Å². The number of nitrogens with zero attached hydrogens (tertiary/aromatic N) is 1. The predicted molar refractivity (Wildman–Crippen MR) is 158 cm³/mol. The van der Waals surface area contributed by atoms with Gasteiger partial charge in [0.2, 0.25) is 0 Å². The van der Waals surface area contributed by atoms with Gasteiger partial charge in [0, 0.05) is 0 Å². The number of ether oxygens (including phenoxy) is 2. The molecule has 6 aromatic carbocycles. The van der Waals surface area contributed by atoms with Crippen LogP contribution < -0.4 is 14.4 Å². The van der Waals surface area contributed by atoms with Crippen LogP contribution in [0.5, 0.6) is 23.0 Å². The van der Waals surface area contributed by atoms with Gasteiger partial charge in [0.1, 0.15) is 5.69 Å². The van der Waals surface area contributed by atoms with Crippen molar-refractivity contribution in [2.75, 3.05) is 4.90 Å². The topological polar surface area (TPSA) is 21.7 Å². The van der Waals surface area contributed by atoms with Gasteiger partial charge in [0.05, 0.1) is 11.4 Å². The molecule has 0 aromatic heterocycles. The number of fused-ring (bicyclic) bond motifs is 4. The Morgan fingerprint density at radius 1 is 0.359 bits per heavy atom. The minimum atomic E-state index is 0.788. The summed E-state index contributed by atoms with van der Waals surface area (Å²) >= 11 is 0. The summed E-state index contributed by atoms with van der Waals surface area (Å²) < 4.78 is 12.7. The zero-order chi connectivity index (χ0) is 25.8. The van der Waals surface area contributed by atoms with Crippen LogP contribution in [0.1, 0.15) is 0 Å². The van der Waals surface area contributed by atoms with Crippen molar-refractivity contribution in [1.29, 1.82) is 0 Å². The summed E-state index contributed by atoms with van der Waals surface area (Å²) in [5.41, 5.74) is 10.0. The van der Waals surface area contributed by atoms with Crippen molar-refractivity contribution in [1.82, 2.24) is 0 Å². The van der Waals surface area contributed by atoms with Gasteiger partial charge in [-0.05, 0) is 69.8 Å². The molecule has 0 saturated carbocycles. The molecule has 0 fully saturated rings. The fourth-order valence-electron chi connectivity index (χ4n) is 5.63. The maximum atomic E-state index is 6.49. The van der Waals surface area contributed by atoms with Crippen LogP contribution in [0, 0.1) is 0 Å². The summed E-state index contributed by atoms with van der Waals surface area (Å²) in [7, 11) is 0. The molecule has 0 aliphatic carbocycles. The molecule has 6 aromatic rings. The highest BCUT2D eigenvalue weighted by atomic mass is 16.5. The highest BCUT2D eigenvalue weighted by molar-refractivity contribution is 5.95. The predicted octanol–water partition coefficient (Wildman–Crippen LogP) is 10.4. The lowest BCUT2D eigenvalue weighted by Gasteiger charge is -2.37. The third-order valence-corrected chi connectivity index (χ3v) is 7.47. The van der Waals surface area contributed by atoms with Gasteiger partial charge < -0.3 is 9.47 Å². The number of anilines is 3. The number of hydrogen-bond donors (Lipinski definition) is 0. The van der Waals surface area contributed by atoms with Gasteiger partial charge in [-0.1, -0.05) is 103 Å². The van der Waals surface area contributed by atoms with E-state index in [9.17, 15) is 0 Å². The Hall–Kier alpha value is -5.28. The first-order chi connectivity index (χ1) is 19.3. The Kier molecular flexibility index (Phi) is 4.82. The molecule has 184 valence electrons. The molecule has 0 radical (unpaired) electrons. The average Bonchev–Trinajstić information content (AvgIpc) is 3.01. The van der Waals surface area contributed by atoms with E-state index in [1.807, 2.05) is 42.5 Å². The largest absolute Gasteiger partial charge is 0.453 e. The molecule has 8 rings (SSSR count). The Morgan fingerprint density at radius 3 is 1.69 bits per heavy atom. The van der Waals surface area contributed by atoms with E-state index in [1.54, 1.807) is 0 Å². The second-order valence-electron chi connectivity index (χ2n) is 9.78. The van der Waals surface area contributed by atoms with Crippen molar-refractivity contribution in [3.05, 3.63) is 140 Å². The molecule has 0 bridgehead atoms. The van der Waals surface area contributed by atoms with Gasteiger partial charge in [0.25, 0.3) is 0 Å². The van der Waals surface area contributed by atoms with Crippen molar-refractivity contribution in [2.24, 2.45) is 0 Å². The van der Waals surface area contributed by atoms with Crippen molar-refractivity contribution in [3.63, 3.8) is 0 Å². The van der Waals surface area contributed by atoms with Gasteiger partial charge in [-0.2, -0.15) is 0 Å². The van der Waals surface area contributed by atoms with Gasteiger partial charge in [-0.3, -0.25) is 4.90 Å². The molecular weight excluding hydrogens is 478 g/mol. The monoisotopic (exact) mass is 501 g/mol.